The van der Waals surface area contributed by atoms with Crippen LogP contribution in [0.1, 0.15) is 5.56 Å². The lowest BCUT2D eigenvalue weighted by atomic mass is 10.1. The minimum Gasteiger partial charge on any atom is -0.289 e. The summed E-state index contributed by atoms with van der Waals surface area (Å²) in [6.07, 6.45) is 1.29. The van der Waals surface area contributed by atoms with Crippen molar-refractivity contribution < 1.29 is 9.59 Å². The Balaban J connectivity index is 0.000000262. The van der Waals surface area contributed by atoms with Gasteiger partial charge in [0.1, 0.15) is 0 Å². The van der Waals surface area contributed by atoms with E-state index in [1.807, 2.05) is 224 Å². The van der Waals surface area contributed by atoms with Gasteiger partial charge < -0.3 is 0 Å². The fourth-order valence-electron chi connectivity index (χ4n) is 4.30. The molecular weight excluding hydrogens is 1470 g/mol. The van der Waals surface area contributed by atoms with E-state index >= 15 is 0 Å². The molecule has 2 amide bonds. The first-order chi connectivity index (χ1) is 31.2. The Morgan fingerprint density at radius 3 is 0.615 bits per heavy atom. The van der Waals surface area contributed by atoms with Crippen molar-refractivity contribution in [3.63, 3.8) is 0 Å². The molecule has 0 aromatic heterocycles. The number of hydrogen-bond donors (Lipinski definition) is 1. The molecule has 0 unspecified atom stereocenters. The molecule has 0 radical (unpaired) electrons. The molecule has 9 rings (SSSR count). The minimum absolute atomic E-state index is 0.358. The monoisotopic (exact) mass is 1500 g/mol. The predicted octanol–water partition coefficient (Wildman–Crippen LogP) is 20.2. The smallest absolute Gasteiger partial charge is 0.258 e. The van der Waals surface area contributed by atoms with Gasteiger partial charge in [-0.2, -0.15) is 0 Å². The van der Waals surface area contributed by atoms with E-state index in [4.69, 9.17) is 0 Å². The number of benzene rings is 8. The Morgan fingerprint density at radius 2 is 0.477 bits per heavy atom. The molecule has 8 aromatic rings. The summed E-state index contributed by atoms with van der Waals surface area (Å²) in [7, 11) is 0. The summed E-state index contributed by atoms with van der Waals surface area (Å²) in [5, 5.41) is 2.21. The van der Waals surface area contributed by atoms with Crippen LogP contribution in [-0.2, 0) is 9.59 Å². The zero-order valence-corrected chi connectivity index (χ0v) is 49.9. The van der Waals surface area contributed by atoms with Crippen LogP contribution in [0.25, 0.3) is 5.57 Å². The van der Waals surface area contributed by atoms with E-state index in [-0.39, 0.29) is 11.8 Å². The maximum absolute atomic E-state index is 11.5. The molecule has 13 heteroatoms. The summed E-state index contributed by atoms with van der Waals surface area (Å²) in [4.78, 5) is 22.6. The fourth-order valence-corrected chi connectivity index (χ4v) is 9.12. The van der Waals surface area contributed by atoms with Crippen LogP contribution in [0, 0.1) is 0 Å². The van der Waals surface area contributed by atoms with Crippen LogP contribution in [0.15, 0.2) is 275 Å². The third-order valence-electron chi connectivity index (χ3n) is 7.16. The molecule has 3 nitrogen and oxygen atoms in total. The minimum atomic E-state index is -0.387. The van der Waals surface area contributed by atoms with E-state index in [9.17, 15) is 9.59 Å². The summed E-state index contributed by atoms with van der Waals surface area (Å²) >= 11 is 33.2. The first-order valence-corrected chi connectivity index (χ1v) is 26.8. The molecule has 0 spiro atoms. The largest absolute Gasteiger partial charge is 0.289 e. The zero-order valence-electron chi connectivity index (χ0n) is 34.0. The van der Waals surface area contributed by atoms with Crippen LogP contribution in [-0.4, -0.2) is 11.8 Å². The van der Waals surface area contributed by atoms with Crippen LogP contribution in [0.5, 0.6) is 0 Å². The summed E-state index contributed by atoms with van der Waals surface area (Å²) in [5.74, 6) is -0.768. The van der Waals surface area contributed by atoms with Crippen molar-refractivity contribution in [1.82, 2.24) is 5.32 Å². The van der Waals surface area contributed by atoms with Gasteiger partial charge in [0.15, 0.2) is 0 Å². The van der Waals surface area contributed by atoms with Gasteiger partial charge in [-0.3, -0.25) is 14.9 Å². The molecule has 0 saturated carbocycles. The van der Waals surface area contributed by atoms with Gasteiger partial charge in [-0.15, -0.1) is 0 Å². The summed E-state index contributed by atoms with van der Waals surface area (Å²) in [5.41, 5.74) is 1.03. The molecule has 0 saturated heterocycles. The molecule has 1 N–H and O–H groups in total. The quantitative estimate of drug-likeness (QED) is 0.167. The number of rotatable bonds is 1. The summed E-state index contributed by atoms with van der Waals surface area (Å²) in [6, 6.07) is 73.4. The molecule has 0 fully saturated rings. The second-order valence-electron chi connectivity index (χ2n) is 12.2. The Morgan fingerprint density at radius 1 is 0.277 bits per heavy atom. The first-order valence-electron chi connectivity index (χ1n) is 18.9. The Kier molecular flexibility index (Phi) is 32.9. The molecule has 65 heavy (non-hydrogen) atoms. The number of carbonyl (C=O) groups is 2. The third kappa shape index (κ3) is 29.7. The van der Waals surface area contributed by atoms with Crippen molar-refractivity contribution in [2.75, 3.05) is 0 Å². The molecule has 1 aliphatic heterocycles. The highest BCUT2D eigenvalue weighted by atomic mass is 79.9. The normalized spacial score (nSPS) is 10.3. The van der Waals surface area contributed by atoms with E-state index in [1.165, 1.54) is 6.08 Å². The first kappa shape index (κ1) is 58.6. The van der Waals surface area contributed by atoms with Gasteiger partial charge in [0.05, 0.1) is 5.57 Å². The maximum Gasteiger partial charge on any atom is 0.258 e. The highest BCUT2D eigenvalue weighted by molar-refractivity contribution is 9.12. The molecule has 0 aliphatic carbocycles. The van der Waals surface area contributed by atoms with Crippen molar-refractivity contribution in [1.29, 1.82) is 0 Å². The van der Waals surface area contributed by atoms with E-state index in [2.05, 4.69) is 165 Å². The predicted molar refractivity (Wildman–Crippen MR) is 310 cm³/mol. The lowest BCUT2D eigenvalue weighted by Crippen LogP contribution is -2.21. The average molecular weight is 1510 g/mol. The molecule has 334 valence electrons. The maximum atomic E-state index is 11.5. The van der Waals surface area contributed by atoms with Gasteiger partial charge in [0, 0.05) is 56.4 Å². The van der Waals surface area contributed by atoms with Crippen molar-refractivity contribution in [3.05, 3.63) is 281 Å². The van der Waals surface area contributed by atoms with Gasteiger partial charge in [-0.25, -0.2) is 0 Å². The van der Waals surface area contributed by atoms with Gasteiger partial charge >= 0.3 is 0 Å². The summed E-state index contributed by atoms with van der Waals surface area (Å²) < 4.78 is 10.3. The number of nitrogens with one attached hydrogen (secondary N) is 1. The van der Waals surface area contributed by atoms with Crippen LogP contribution < -0.4 is 5.32 Å². The van der Waals surface area contributed by atoms with Crippen molar-refractivity contribution >= 4 is 177 Å². The Bertz CT molecular complexity index is 2130. The van der Waals surface area contributed by atoms with Crippen molar-refractivity contribution in [2.24, 2.45) is 0 Å². The average Bonchev–Trinajstić information content (AvgIpc) is 3.63. The molecule has 1 aliphatic rings. The third-order valence-corrected chi connectivity index (χ3v) is 12.6. The Labute approximate surface area is 466 Å². The van der Waals surface area contributed by atoms with E-state index in [1.54, 1.807) is 0 Å². The highest BCUT2D eigenvalue weighted by Crippen LogP contribution is 2.35. The van der Waals surface area contributed by atoms with E-state index in [0.29, 0.717) is 11.1 Å². The zero-order chi connectivity index (χ0) is 47.7. The van der Waals surface area contributed by atoms with Gasteiger partial charge in [-0.05, 0) is 97.1 Å². The number of imide groups is 1. The number of carbonyl (C=O) groups excluding carboxylic acids is 2. The molecule has 0 atom stereocenters. The van der Waals surface area contributed by atoms with Gasteiger partial charge in [0.25, 0.3) is 11.8 Å². The van der Waals surface area contributed by atoms with E-state index < -0.39 is 0 Å². The van der Waals surface area contributed by atoms with Gasteiger partial charge in [-0.1, -0.05) is 287 Å². The van der Waals surface area contributed by atoms with Crippen molar-refractivity contribution in [2.45, 2.75) is 0 Å². The number of amides is 2. The standard InChI is InChI=1S/C10H4Br3NO2.7C6H5Br/c11-4-1-6(12)9(7(13)2-4)5-3-8(15)14-10(5)16;7*7-6-4-2-1-3-5-6/h1-3H,(H,14,15,16);7*1-5H. The molecule has 1 heterocycles. The van der Waals surface area contributed by atoms with Gasteiger partial charge in [0.2, 0.25) is 0 Å². The van der Waals surface area contributed by atoms with Crippen LogP contribution in [0.2, 0.25) is 0 Å². The fraction of sp³-hybridized carbons (Fsp3) is 0. The topological polar surface area (TPSA) is 46.2 Å². The van der Waals surface area contributed by atoms with Crippen LogP contribution in [0.3, 0.4) is 0 Å². The Hall–Kier alpha value is -2.56. The number of hydrogen-bond acceptors (Lipinski definition) is 2. The molecule has 0 bridgehead atoms. The molecule has 8 aromatic carbocycles. The SMILES string of the molecule is Brc1ccccc1.Brc1ccccc1.Brc1ccccc1.Brc1ccccc1.Brc1ccccc1.Brc1ccccc1.Brc1ccccc1.O=C1C=C(c2c(Br)cc(Br)cc2Br)C(=O)N1. The lowest BCUT2D eigenvalue weighted by Gasteiger charge is -2.07. The second-order valence-corrected chi connectivity index (χ2v) is 21.2. The highest BCUT2D eigenvalue weighted by Gasteiger charge is 2.25. The van der Waals surface area contributed by atoms with Crippen molar-refractivity contribution in [3.8, 4) is 0 Å². The van der Waals surface area contributed by atoms with Crippen LogP contribution in [0.4, 0.5) is 0 Å². The summed E-state index contributed by atoms with van der Waals surface area (Å²) in [6.45, 7) is 0. The lowest BCUT2D eigenvalue weighted by molar-refractivity contribution is -0.123. The van der Waals surface area contributed by atoms with E-state index in [0.717, 1.165) is 44.7 Å². The van der Waals surface area contributed by atoms with Crippen LogP contribution >= 0.6 is 159 Å². The number of halogens is 10. The second kappa shape index (κ2) is 36.5. The molecular formula is C52H39Br10NO2.